The molecule has 1 amide bonds. The van der Waals surface area contributed by atoms with Crippen molar-refractivity contribution >= 4 is 17.5 Å². The van der Waals surface area contributed by atoms with Gasteiger partial charge in [0.25, 0.3) is 5.91 Å². The summed E-state index contributed by atoms with van der Waals surface area (Å²) in [6.45, 7) is 2.86. The Hall–Kier alpha value is -1.46. The van der Waals surface area contributed by atoms with Crippen molar-refractivity contribution in [2.24, 2.45) is 5.92 Å². The maximum atomic E-state index is 12.2. The molecule has 0 saturated carbocycles. The molecule has 1 atom stereocenters. The van der Waals surface area contributed by atoms with Gasteiger partial charge in [-0.15, -0.1) is 0 Å². The summed E-state index contributed by atoms with van der Waals surface area (Å²) in [6.07, 6.45) is 2.31. The highest BCUT2D eigenvalue weighted by Crippen LogP contribution is 2.39. The molecule has 0 aliphatic carbocycles. The molecule has 0 aromatic heterocycles. The van der Waals surface area contributed by atoms with Crippen molar-refractivity contribution in [1.29, 1.82) is 0 Å². The van der Waals surface area contributed by atoms with Crippen molar-refractivity contribution in [3.8, 4) is 11.5 Å². The van der Waals surface area contributed by atoms with E-state index in [9.17, 15) is 4.79 Å². The Morgan fingerprint density at radius 3 is 3.15 bits per heavy atom. The van der Waals surface area contributed by atoms with E-state index in [0.717, 1.165) is 25.9 Å². The Morgan fingerprint density at radius 2 is 2.35 bits per heavy atom. The molecule has 1 unspecified atom stereocenters. The number of ether oxygens (including phenoxy) is 2. The molecule has 3 rings (SSSR count). The number of carbonyl (C=O) groups excluding carboxylic acids is 1. The largest absolute Gasteiger partial charge is 0.454 e. The minimum atomic E-state index is -0.129. The number of carbonyl (C=O) groups is 1. The smallest absolute Gasteiger partial charge is 0.251 e. The fourth-order valence-corrected chi connectivity index (χ4v) is 2.80. The molecule has 2 aliphatic heterocycles. The van der Waals surface area contributed by atoms with Gasteiger partial charge in [-0.2, -0.15) is 0 Å². The highest BCUT2D eigenvalue weighted by atomic mass is 35.5. The number of hydrogen-bond donors (Lipinski definition) is 2. The first-order valence-electron chi connectivity index (χ1n) is 6.82. The van der Waals surface area contributed by atoms with Gasteiger partial charge in [-0.05, 0) is 44.0 Å². The van der Waals surface area contributed by atoms with Crippen LogP contribution in [0.2, 0.25) is 5.02 Å². The summed E-state index contributed by atoms with van der Waals surface area (Å²) in [7, 11) is 0. The van der Waals surface area contributed by atoms with Crippen LogP contribution in [-0.4, -0.2) is 32.3 Å². The van der Waals surface area contributed by atoms with Gasteiger partial charge in [-0.3, -0.25) is 4.79 Å². The van der Waals surface area contributed by atoms with E-state index >= 15 is 0 Å². The Morgan fingerprint density at radius 1 is 1.45 bits per heavy atom. The van der Waals surface area contributed by atoms with Gasteiger partial charge in [0.05, 0.1) is 5.02 Å². The summed E-state index contributed by atoms with van der Waals surface area (Å²) in [5.74, 6) is 1.41. The lowest BCUT2D eigenvalue weighted by Gasteiger charge is -2.22. The molecular weight excluding hydrogens is 280 g/mol. The molecule has 2 heterocycles. The lowest BCUT2D eigenvalue weighted by molar-refractivity contribution is 0.0944. The molecule has 1 saturated heterocycles. The van der Waals surface area contributed by atoms with Crippen LogP contribution in [-0.2, 0) is 0 Å². The van der Waals surface area contributed by atoms with Crippen molar-refractivity contribution in [1.82, 2.24) is 10.6 Å². The fraction of sp³-hybridized carbons (Fsp3) is 0.500. The van der Waals surface area contributed by atoms with Gasteiger partial charge in [-0.25, -0.2) is 0 Å². The normalized spacial score (nSPS) is 20.8. The summed E-state index contributed by atoms with van der Waals surface area (Å²) in [4.78, 5) is 12.2. The molecule has 108 valence electrons. The number of hydrogen-bond acceptors (Lipinski definition) is 4. The van der Waals surface area contributed by atoms with E-state index in [0.29, 0.717) is 34.5 Å². The number of halogens is 1. The number of nitrogens with one attached hydrogen (secondary N) is 2. The van der Waals surface area contributed by atoms with Crippen LogP contribution in [0.4, 0.5) is 0 Å². The topological polar surface area (TPSA) is 59.6 Å². The van der Waals surface area contributed by atoms with E-state index in [-0.39, 0.29) is 12.7 Å². The van der Waals surface area contributed by atoms with Crippen LogP contribution in [0.5, 0.6) is 11.5 Å². The number of benzene rings is 1. The molecule has 2 N–H and O–H groups in total. The predicted octanol–water partition coefficient (Wildman–Crippen LogP) is 1.80. The number of amides is 1. The van der Waals surface area contributed by atoms with Crippen LogP contribution in [0.15, 0.2) is 12.1 Å². The zero-order valence-electron chi connectivity index (χ0n) is 11.1. The third-order valence-electron chi connectivity index (χ3n) is 3.64. The van der Waals surface area contributed by atoms with Gasteiger partial charge in [0.2, 0.25) is 6.79 Å². The molecule has 20 heavy (non-hydrogen) atoms. The van der Waals surface area contributed by atoms with E-state index < -0.39 is 0 Å². The van der Waals surface area contributed by atoms with Crippen molar-refractivity contribution in [3.05, 3.63) is 22.7 Å². The van der Waals surface area contributed by atoms with E-state index in [1.165, 1.54) is 0 Å². The van der Waals surface area contributed by atoms with Gasteiger partial charge in [0.1, 0.15) is 0 Å². The Balaban J connectivity index is 1.63. The van der Waals surface area contributed by atoms with Gasteiger partial charge < -0.3 is 20.1 Å². The first kappa shape index (κ1) is 13.5. The van der Waals surface area contributed by atoms with E-state index in [1.54, 1.807) is 12.1 Å². The zero-order chi connectivity index (χ0) is 13.9. The van der Waals surface area contributed by atoms with Crippen LogP contribution in [0.3, 0.4) is 0 Å². The Labute approximate surface area is 122 Å². The van der Waals surface area contributed by atoms with Crippen LogP contribution < -0.4 is 20.1 Å². The molecule has 1 fully saturated rings. The van der Waals surface area contributed by atoms with Crippen LogP contribution in [0.1, 0.15) is 23.2 Å². The lowest BCUT2D eigenvalue weighted by Crippen LogP contribution is -2.38. The van der Waals surface area contributed by atoms with Gasteiger partial charge in [0.15, 0.2) is 11.5 Å². The second kappa shape index (κ2) is 5.89. The maximum absolute atomic E-state index is 12.2. The standard InChI is InChI=1S/C14H17ClN2O3/c15-11-4-10(5-12-13(11)20-8-19-12)14(18)17-7-9-2-1-3-16-6-9/h4-5,9,16H,1-3,6-8H2,(H,17,18). The molecule has 1 aromatic carbocycles. The molecule has 0 bridgehead atoms. The van der Waals surface area contributed by atoms with Crippen molar-refractivity contribution < 1.29 is 14.3 Å². The van der Waals surface area contributed by atoms with Gasteiger partial charge in [-0.1, -0.05) is 11.6 Å². The summed E-state index contributed by atoms with van der Waals surface area (Å²) in [5, 5.41) is 6.69. The van der Waals surface area contributed by atoms with Crippen molar-refractivity contribution in [2.75, 3.05) is 26.4 Å². The number of fused-ring (bicyclic) bond motifs is 1. The fourth-order valence-electron chi connectivity index (χ4n) is 2.54. The van der Waals surface area contributed by atoms with Crippen molar-refractivity contribution in [3.63, 3.8) is 0 Å². The Bertz CT molecular complexity index is 515. The van der Waals surface area contributed by atoms with Crippen LogP contribution >= 0.6 is 11.6 Å². The summed E-state index contributed by atoms with van der Waals surface area (Å²) >= 11 is 6.07. The Kier molecular flexibility index (Phi) is 3.98. The van der Waals surface area contributed by atoms with E-state index in [4.69, 9.17) is 21.1 Å². The zero-order valence-corrected chi connectivity index (χ0v) is 11.8. The van der Waals surface area contributed by atoms with Crippen LogP contribution in [0, 0.1) is 5.92 Å². The van der Waals surface area contributed by atoms with Crippen molar-refractivity contribution in [2.45, 2.75) is 12.8 Å². The molecule has 0 spiro atoms. The quantitative estimate of drug-likeness (QED) is 0.893. The third kappa shape index (κ3) is 2.83. The summed E-state index contributed by atoms with van der Waals surface area (Å²) < 4.78 is 10.5. The molecule has 5 nitrogen and oxygen atoms in total. The molecule has 6 heteroatoms. The van der Waals surface area contributed by atoms with E-state index in [2.05, 4.69) is 10.6 Å². The predicted molar refractivity (Wildman–Crippen MR) is 75.5 cm³/mol. The summed E-state index contributed by atoms with van der Waals surface area (Å²) in [6, 6.07) is 3.28. The van der Waals surface area contributed by atoms with Gasteiger partial charge in [0, 0.05) is 12.1 Å². The third-order valence-corrected chi connectivity index (χ3v) is 3.92. The SMILES string of the molecule is O=C(NCC1CCCNC1)c1cc(Cl)c2c(c1)OCO2. The summed E-state index contributed by atoms with van der Waals surface area (Å²) in [5.41, 5.74) is 0.503. The number of rotatable bonds is 3. The lowest BCUT2D eigenvalue weighted by atomic mass is 9.99. The minimum Gasteiger partial charge on any atom is -0.454 e. The molecule has 2 aliphatic rings. The average Bonchev–Trinajstić information content (AvgIpc) is 2.95. The first-order chi connectivity index (χ1) is 9.74. The molecule has 1 aromatic rings. The number of piperidine rings is 1. The second-order valence-electron chi connectivity index (χ2n) is 5.11. The average molecular weight is 297 g/mol. The molecule has 0 radical (unpaired) electrons. The van der Waals surface area contributed by atoms with Crippen LogP contribution in [0.25, 0.3) is 0 Å². The maximum Gasteiger partial charge on any atom is 0.251 e. The molecular formula is C14H17ClN2O3. The first-order valence-corrected chi connectivity index (χ1v) is 7.20. The second-order valence-corrected chi connectivity index (χ2v) is 5.52. The minimum absolute atomic E-state index is 0.129. The van der Waals surface area contributed by atoms with Gasteiger partial charge >= 0.3 is 0 Å². The highest BCUT2D eigenvalue weighted by Gasteiger charge is 2.21. The highest BCUT2D eigenvalue weighted by molar-refractivity contribution is 6.32. The van der Waals surface area contributed by atoms with E-state index in [1.807, 2.05) is 0 Å². The monoisotopic (exact) mass is 296 g/mol.